The minimum absolute atomic E-state index is 0.00633. The van der Waals surface area contributed by atoms with E-state index in [0.29, 0.717) is 27.8 Å². The van der Waals surface area contributed by atoms with Gasteiger partial charge in [-0.15, -0.1) is 0 Å². The van der Waals surface area contributed by atoms with E-state index in [4.69, 9.17) is 23.2 Å². The first-order chi connectivity index (χ1) is 13.6. The first kappa shape index (κ1) is 21.1. The Morgan fingerprint density at radius 1 is 1.17 bits per heavy atom. The normalized spacial score (nSPS) is 11.5. The van der Waals surface area contributed by atoms with Gasteiger partial charge in [-0.3, -0.25) is 14.8 Å². The Kier molecular flexibility index (Phi) is 5.87. The van der Waals surface area contributed by atoms with E-state index < -0.39 is 4.92 Å². The Bertz CT molecular complexity index is 1050. The van der Waals surface area contributed by atoms with Gasteiger partial charge in [0.25, 0.3) is 5.69 Å². The second-order valence-corrected chi connectivity index (χ2v) is 8.67. The third-order valence-electron chi connectivity index (χ3n) is 4.62. The van der Waals surface area contributed by atoms with E-state index in [-0.39, 0.29) is 11.1 Å². The van der Waals surface area contributed by atoms with Gasteiger partial charge in [0, 0.05) is 64.3 Å². The van der Waals surface area contributed by atoms with Crippen LogP contribution in [0.4, 0.5) is 11.4 Å². The molecule has 1 heterocycles. The van der Waals surface area contributed by atoms with Crippen LogP contribution >= 0.6 is 23.2 Å². The maximum atomic E-state index is 11.4. The molecule has 8 heteroatoms. The van der Waals surface area contributed by atoms with Gasteiger partial charge in [0.2, 0.25) is 0 Å². The second kappa shape index (κ2) is 8.05. The van der Waals surface area contributed by atoms with Crippen molar-refractivity contribution in [2.24, 2.45) is 7.05 Å². The van der Waals surface area contributed by atoms with E-state index in [2.05, 4.69) is 31.2 Å². The molecular formula is C21H22Cl2N4O2. The number of halogens is 2. The zero-order valence-corrected chi connectivity index (χ0v) is 18.2. The van der Waals surface area contributed by atoms with Crippen LogP contribution in [-0.4, -0.2) is 14.7 Å². The van der Waals surface area contributed by atoms with Gasteiger partial charge in [0.1, 0.15) is 0 Å². The summed E-state index contributed by atoms with van der Waals surface area (Å²) in [5, 5.41) is 20.4. The predicted molar refractivity (Wildman–Crippen MR) is 118 cm³/mol. The van der Waals surface area contributed by atoms with Gasteiger partial charge in [-0.25, -0.2) is 0 Å². The number of anilines is 1. The molecule has 2 aromatic carbocycles. The van der Waals surface area contributed by atoms with E-state index in [1.807, 2.05) is 13.2 Å². The monoisotopic (exact) mass is 432 g/mol. The van der Waals surface area contributed by atoms with Crippen LogP contribution in [0.25, 0.3) is 11.3 Å². The topological polar surface area (TPSA) is 73.0 Å². The van der Waals surface area contributed by atoms with Crippen LogP contribution in [0.2, 0.25) is 10.0 Å². The number of aromatic nitrogens is 2. The number of nitro benzene ring substituents is 1. The molecule has 0 spiro atoms. The average molecular weight is 433 g/mol. The summed E-state index contributed by atoms with van der Waals surface area (Å²) in [4.78, 5) is 11.0. The van der Waals surface area contributed by atoms with Gasteiger partial charge in [0.05, 0.1) is 10.6 Å². The highest BCUT2D eigenvalue weighted by Crippen LogP contribution is 2.38. The molecule has 3 rings (SSSR count). The highest BCUT2D eigenvalue weighted by Gasteiger charge is 2.25. The molecule has 1 N–H and O–H groups in total. The summed E-state index contributed by atoms with van der Waals surface area (Å²) in [5.74, 6) is 0. The van der Waals surface area contributed by atoms with Gasteiger partial charge in [-0.1, -0.05) is 50.0 Å². The molecule has 6 nitrogen and oxygen atoms in total. The summed E-state index contributed by atoms with van der Waals surface area (Å²) in [6.45, 7) is 6.63. The molecule has 0 amide bonds. The molecule has 0 aliphatic heterocycles. The summed E-state index contributed by atoms with van der Waals surface area (Å²) in [5.41, 5.74) is 3.67. The number of nitrogens with zero attached hydrogens (tertiary/aromatic N) is 3. The Morgan fingerprint density at radius 3 is 2.41 bits per heavy atom. The minimum atomic E-state index is -0.405. The quantitative estimate of drug-likeness (QED) is 0.383. The van der Waals surface area contributed by atoms with Crippen molar-refractivity contribution in [1.29, 1.82) is 0 Å². The molecule has 1 aromatic heterocycles. The van der Waals surface area contributed by atoms with Crippen molar-refractivity contribution in [3.05, 3.63) is 73.9 Å². The Morgan fingerprint density at radius 2 is 1.83 bits per heavy atom. The maximum Gasteiger partial charge on any atom is 0.270 e. The summed E-state index contributed by atoms with van der Waals surface area (Å²) < 4.78 is 1.73. The maximum absolute atomic E-state index is 11.4. The smallest absolute Gasteiger partial charge is 0.270 e. The molecule has 0 unspecified atom stereocenters. The van der Waals surface area contributed by atoms with Crippen molar-refractivity contribution in [2.45, 2.75) is 32.7 Å². The van der Waals surface area contributed by atoms with Crippen LogP contribution in [0.15, 0.2) is 42.6 Å². The fraction of sp³-hybridized carbons (Fsp3) is 0.286. The predicted octanol–water partition coefficient (Wildman–Crippen LogP) is 6.21. The van der Waals surface area contributed by atoms with E-state index in [9.17, 15) is 10.1 Å². The highest BCUT2D eigenvalue weighted by molar-refractivity contribution is 6.36. The molecule has 0 saturated carbocycles. The molecule has 0 saturated heterocycles. The highest BCUT2D eigenvalue weighted by atomic mass is 35.5. The zero-order chi connectivity index (χ0) is 21.3. The van der Waals surface area contributed by atoms with Crippen molar-refractivity contribution in [2.75, 3.05) is 5.32 Å². The molecule has 152 valence electrons. The molecule has 0 fully saturated rings. The van der Waals surface area contributed by atoms with Gasteiger partial charge >= 0.3 is 0 Å². The van der Waals surface area contributed by atoms with Gasteiger partial charge in [-0.05, 0) is 23.6 Å². The van der Waals surface area contributed by atoms with Crippen molar-refractivity contribution >= 4 is 34.6 Å². The number of benzene rings is 2. The lowest BCUT2D eigenvalue weighted by atomic mass is 9.85. The standard InChI is InChI=1S/C21H22Cl2N4O2/c1-21(2,3)16-12-26(4)25-20(16)14-10-13(27(28)29)8-9-19(14)24-11-15-17(22)6-5-7-18(15)23/h5-10,12,24H,11H2,1-4H3. The van der Waals surface area contributed by atoms with Crippen molar-refractivity contribution in [1.82, 2.24) is 9.78 Å². The number of non-ortho nitro benzene ring substituents is 1. The van der Waals surface area contributed by atoms with Crippen LogP contribution in [0.5, 0.6) is 0 Å². The number of nitrogens with one attached hydrogen (secondary N) is 1. The molecule has 0 atom stereocenters. The van der Waals surface area contributed by atoms with Crippen LogP contribution < -0.4 is 5.32 Å². The van der Waals surface area contributed by atoms with Gasteiger partial charge < -0.3 is 5.32 Å². The SMILES string of the molecule is Cn1cc(C(C)(C)C)c(-c2cc([N+](=O)[O-])ccc2NCc2c(Cl)cccc2Cl)n1. The number of aryl methyl sites for hydroxylation is 1. The van der Waals surface area contributed by atoms with Crippen molar-refractivity contribution in [3.63, 3.8) is 0 Å². The number of nitro groups is 1. The van der Waals surface area contributed by atoms with Gasteiger partial charge in [-0.2, -0.15) is 5.10 Å². The third kappa shape index (κ3) is 4.54. The summed E-state index contributed by atoms with van der Waals surface area (Å²) in [6, 6.07) is 10.1. The molecule has 3 aromatic rings. The van der Waals surface area contributed by atoms with E-state index in [1.54, 1.807) is 35.0 Å². The lowest BCUT2D eigenvalue weighted by Crippen LogP contribution is -2.12. The molecule has 29 heavy (non-hydrogen) atoms. The van der Waals surface area contributed by atoms with Crippen LogP contribution in [0.1, 0.15) is 31.9 Å². The first-order valence-corrected chi connectivity index (χ1v) is 9.83. The summed E-state index contributed by atoms with van der Waals surface area (Å²) in [6.07, 6.45) is 1.95. The Hall–Kier alpha value is -2.57. The lowest BCUT2D eigenvalue weighted by Gasteiger charge is -2.20. The fourth-order valence-corrected chi connectivity index (χ4v) is 3.65. The largest absolute Gasteiger partial charge is 0.380 e. The van der Waals surface area contributed by atoms with E-state index in [1.165, 1.54) is 6.07 Å². The van der Waals surface area contributed by atoms with Gasteiger partial charge in [0.15, 0.2) is 0 Å². The molecule has 0 bridgehead atoms. The molecule has 0 aliphatic carbocycles. The summed E-state index contributed by atoms with van der Waals surface area (Å²) in [7, 11) is 1.84. The number of rotatable bonds is 5. The van der Waals surface area contributed by atoms with Crippen molar-refractivity contribution < 1.29 is 4.92 Å². The molecule has 0 radical (unpaired) electrons. The molecule has 0 aliphatic rings. The Balaban J connectivity index is 2.09. The number of hydrogen-bond donors (Lipinski definition) is 1. The summed E-state index contributed by atoms with van der Waals surface area (Å²) >= 11 is 12.6. The Labute approximate surface area is 179 Å². The molecular weight excluding hydrogens is 411 g/mol. The minimum Gasteiger partial charge on any atom is -0.380 e. The van der Waals surface area contributed by atoms with E-state index >= 15 is 0 Å². The fourth-order valence-electron chi connectivity index (χ4n) is 3.12. The van der Waals surface area contributed by atoms with E-state index in [0.717, 1.165) is 16.8 Å². The van der Waals surface area contributed by atoms with Crippen LogP contribution in [0, 0.1) is 10.1 Å². The first-order valence-electron chi connectivity index (χ1n) is 9.07. The second-order valence-electron chi connectivity index (χ2n) is 7.86. The van der Waals surface area contributed by atoms with Crippen LogP contribution in [-0.2, 0) is 19.0 Å². The number of hydrogen-bond acceptors (Lipinski definition) is 4. The lowest BCUT2D eigenvalue weighted by molar-refractivity contribution is -0.384. The zero-order valence-electron chi connectivity index (χ0n) is 16.7. The third-order valence-corrected chi connectivity index (χ3v) is 5.33. The van der Waals surface area contributed by atoms with Crippen LogP contribution in [0.3, 0.4) is 0 Å². The average Bonchev–Trinajstić information content (AvgIpc) is 3.03. The van der Waals surface area contributed by atoms with Crippen molar-refractivity contribution in [3.8, 4) is 11.3 Å².